The van der Waals surface area contributed by atoms with Crippen molar-refractivity contribution in [3.05, 3.63) is 22.9 Å². The lowest BCUT2D eigenvalue weighted by Gasteiger charge is -2.17. The van der Waals surface area contributed by atoms with Crippen LogP contribution in [-0.2, 0) is 0 Å². The van der Waals surface area contributed by atoms with E-state index in [1.165, 1.54) is 12.0 Å². The molecule has 0 saturated carbocycles. The highest BCUT2D eigenvalue weighted by Gasteiger charge is 2.20. The Morgan fingerprint density at radius 3 is 2.10 bits per heavy atom. The van der Waals surface area contributed by atoms with Gasteiger partial charge in [-0.15, -0.1) is 0 Å². The Hall–Kier alpha value is -0.303. The van der Waals surface area contributed by atoms with Gasteiger partial charge in [0.15, 0.2) is 0 Å². The molecule has 0 radical (unpaired) electrons. The first-order valence-corrected chi connectivity index (χ1v) is 7.38. The lowest BCUT2D eigenvalue weighted by Crippen LogP contribution is -2.22. The van der Waals surface area contributed by atoms with Gasteiger partial charge in [0.05, 0.1) is 8.07 Å². The first kappa shape index (κ1) is 7.80. The van der Waals surface area contributed by atoms with Crippen molar-refractivity contribution >= 4 is 8.07 Å². The third-order valence-corrected chi connectivity index (χ3v) is 4.28. The van der Waals surface area contributed by atoms with Crippen LogP contribution < -0.4 is 0 Å². The van der Waals surface area contributed by atoms with Crippen LogP contribution in [0.2, 0.25) is 19.6 Å². The van der Waals surface area contributed by atoms with Crippen LogP contribution in [0.4, 0.5) is 0 Å². The summed E-state index contributed by atoms with van der Waals surface area (Å²) in [5.41, 5.74) is 1.46. The summed E-state index contributed by atoms with van der Waals surface area (Å²) in [6.07, 6.45) is 5.92. The highest BCUT2D eigenvalue weighted by Crippen LogP contribution is 2.25. The maximum absolute atomic E-state index is 2.41. The fourth-order valence-electron chi connectivity index (χ4n) is 1.19. The molecular weight excluding hydrogens is 136 g/mol. The summed E-state index contributed by atoms with van der Waals surface area (Å²) < 4.78 is 0. The van der Waals surface area contributed by atoms with E-state index >= 15 is 0 Å². The van der Waals surface area contributed by atoms with Crippen molar-refractivity contribution in [1.29, 1.82) is 0 Å². The summed E-state index contributed by atoms with van der Waals surface area (Å²) in [5, 5.41) is 1.70. The van der Waals surface area contributed by atoms with E-state index in [-0.39, 0.29) is 0 Å². The van der Waals surface area contributed by atoms with Crippen LogP contribution in [-0.4, -0.2) is 8.07 Å². The Labute approximate surface area is 64.7 Å². The average Bonchev–Trinajstić information content (AvgIpc) is 2.11. The predicted molar refractivity (Wildman–Crippen MR) is 49.8 cm³/mol. The van der Waals surface area contributed by atoms with Crippen LogP contribution >= 0.6 is 0 Å². The fourth-order valence-corrected chi connectivity index (χ4v) is 2.56. The first-order chi connectivity index (χ1) is 4.50. The molecule has 0 aromatic rings. The van der Waals surface area contributed by atoms with E-state index in [1.54, 1.807) is 5.20 Å². The Kier molecular flexibility index (Phi) is 1.86. The summed E-state index contributed by atoms with van der Waals surface area (Å²) in [5.74, 6) is 0. The molecule has 1 heteroatoms. The van der Waals surface area contributed by atoms with Gasteiger partial charge in [0, 0.05) is 0 Å². The normalized spacial score (nSPS) is 18.8. The zero-order chi connectivity index (χ0) is 7.78. The summed E-state index contributed by atoms with van der Waals surface area (Å²) in [6, 6.07) is 0. The lowest BCUT2D eigenvalue weighted by atomic mass is 10.3. The van der Waals surface area contributed by atoms with E-state index in [2.05, 4.69) is 38.7 Å². The molecule has 0 spiro atoms. The molecule has 1 rings (SSSR count). The molecule has 1 aliphatic carbocycles. The summed E-state index contributed by atoms with van der Waals surface area (Å²) in [6.45, 7) is 9.41. The number of hydrogen-bond acceptors (Lipinski definition) is 0. The van der Waals surface area contributed by atoms with Gasteiger partial charge in [0.2, 0.25) is 0 Å². The van der Waals surface area contributed by atoms with Gasteiger partial charge in [-0.05, 0) is 13.3 Å². The van der Waals surface area contributed by atoms with Crippen LogP contribution in [0, 0.1) is 0 Å². The molecule has 0 aromatic carbocycles. The molecule has 10 heavy (non-hydrogen) atoms. The van der Waals surface area contributed by atoms with E-state index in [9.17, 15) is 0 Å². The van der Waals surface area contributed by atoms with Crippen molar-refractivity contribution in [3.63, 3.8) is 0 Å². The van der Waals surface area contributed by atoms with Crippen molar-refractivity contribution in [2.75, 3.05) is 0 Å². The third-order valence-electron chi connectivity index (χ3n) is 2.01. The second kappa shape index (κ2) is 2.39. The van der Waals surface area contributed by atoms with E-state index in [1.807, 2.05) is 0 Å². The van der Waals surface area contributed by atoms with Crippen LogP contribution in [0.5, 0.6) is 0 Å². The Morgan fingerprint density at radius 2 is 1.90 bits per heavy atom. The molecule has 0 saturated heterocycles. The summed E-state index contributed by atoms with van der Waals surface area (Å²) >= 11 is 0. The molecule has 0 N–H and O–H groups in total. The zero-order valence-electron chi connectivity index (χ0n) is 7.36. The second-order valence-electron chi connectivity index (χ2n) is 4.07. The number of allylic oxidation sites excluding steroid dienone is 4. The maximum Gasteiger partial charge on any atom is 0.0728 e. The summed E-state index contributed by atoms with van der Waals surface area (Å²) in [4.78, 5) is 0. The van der Waals surface area contributed by atoms with Crippen LogP contribution in [0.15, 0.2) is 22.9 Å². The van der Waals surface area contributed by atoms with Gasteiger partial charge in [-0.25, -0.2) is 0 Å². The van der Waals surface area contributed by atoms with Crippen LogP contribution in [0.3, 0.4) is 0 Å². The van der Waals surface area contributed by atoms with Crippen molar-refractivity contribution in [3.8, 4) is 0 Å². The molecule has 0 atom stereocenters. The Morgan fingerprint density at radius 1 is 1.30 bits per heavy atom. The van der Waals surface area contributed by atoms with E-state index < -0.39 is 8.07 Å². The first-order valence-electron chi connectivity index (χ1n) is 3.88. The van der Waals surface area contributed by atoms with Crippen molar-refractivity contribution in [2.24, 2.45) is 0 Å². The second-order valence-corrected chi connectivity index (χ2v) is 9.21. The molecule has 0 aromatic heterocycles. The number of rotatable bonds is 1. The van der Waals surface area contributed by atoms with Crippen molar-refractivity contribution in [2.45, 2.75) is 33.0 Å². The smallest absolute Gasteiger partial charge is 0.0728 e. The van der Waals surface area contributed by atoms with Gasteiger partial charge in [-0.3, -0.25) is 0 Å². The van der Waals surface area contributed by atoms with Crippen molar-refractivity contribution in [1.82, 2.24) is 0 Å². The molecule has 1 aliphatic rings. The van der Waals surface area contributed by atoms with Gasteiger partial charge in [-0.2, -0.15) is 0 Å². The topological polar surface area (TPSA) is 0 Å². The molecule has 0 fully saturated rings. The fraction of sp³-hybridized carbons (Fsp3) is 0.556. The highest BCUT2D eigenvalue weighted by molar-refractivity contribution is 6.83. The monoisotopic (exact) mass is 152 g/mol. The molecule has 0 amide bonds. The molecule has 0 nitrogen and oxygen atoms in total. The quantitative estimate of drug-likeness (QED) is 0.506. The predicted octanol–water partition coefficient (Wildman–Crippen LogP) is 3.14. The molecule has 56 valence electrons. The molecular formula is C9H16Si. The third kappa shape index (κ3) is 1.60. The minimum Gasteiger partial charge on any atom is -0.0779 e. The Balaban J connectivity index is 2.73. The summed E-state index contributed by atoms with van der Waals surface area (Å²) in [7, 11) is -0.957. The minimum absolute atomic E-state index is 0.957. The molecule has 0 bridgehead atoms. The Bertz CT molecular complexity index is 191. The van der Waals surface area contributed by atoms with Crippen LogP contribution in [0.1, 0.15) is 13.3 Å². The van der Waals surface area contributed by atoms with Gasteiger partial charge >= 0.3 is 0 Å². The van der Waals surface area contributed by atoms with Gasteiger partial charge in [-0.1, -0.05) is 42.6 Å². The van der Waals surface area contributed by atoms with E-state index in [0.717, 1.165) is 0 Å². The lowest BCUT2D eigenvalue weighted by molar-refractivity contribution is 1.35. The largest absolute Gasteiger partial charge is 0.0779 e. The standard InChI is InChI=1S/C9H16Si/c1-8-5-6-9(7-8)10(2,3)4/h5,7H,6H2,1-4H3. The van der Waals surface area contributed by atoms with Gasteiger partial charge in [0.25, 0.3) is 0 Å². The highest BCUT2D eigenvalue weighted by atomic mass is 28.3. The molecule has 0 unspecified atom stereocenters. The van der Waals surface area contributed by atoms with E-state index in [0.29, 0.717) is 0 Å². The SMILES string of the molecule is CC1=CCC([Si](C)(C)C)=C1. The van der Waals surface area contributed by atoms with Crippen LogP contribution in [0.25, 0.3) is 0 Å². The molecule has 0 aliphatic heterocycles. The van der Waals surface area contributed by atoms with Crippen molar-refractivity contribution < 1.29 is 0 Å². The average molecular weight is 152 g/mol. The van der Waals surface area contributed by atoms with Gasteiger partial charge in [0.1, 0.15) is 0 Å². The van der Waals surface area contributed by atoms with Gasteiger partial charge < -0.3 is 0 Å². The minimum atomic E-state index is -0.957. The maximum atomic E-state index is 2.41. The number of hydrogen-bond donors (Lipinski definition) is 0. The molecule has 0 heterocycles. The zero-order valence-corrected chi connectivity index (χ0v) is 8.36. The van der Waals surface area contributed by atoms with E-state index in [4.69, 9.17) is 0 Å².